The zero-order valence-electron chi connectivity index (χ0n) is 16.4. The summed E-state index contributed by atoms with van der Waals surface area (Å²) in [6, 6.07) is 17.6. The smallest absolute Gasteiger partial charge is 0.306 e. The van der Waals surface area contributed by atoms with Crippen LogP contribution in [0.5, 0.6) is 0 Å². The fraction of sp³-hybridized carbons (Fsp3) is 0.174. The first-order valence-corrected chi connectivity index (χ1v) is 10.7. The summed E-state index contributed by atoms with van der Waals surface area (Å²) >= 11 is 1.59. The van der Waals surface area contributed by atoms with Gasteiger partial charge in [-0.1, -0.05) is 42.5 Å². The van der Waals surface area contributed by atoms with E-state index in [4.69, 9.17) is 4.84 Å². The summed E-state index contributed by atoms with van der Waals surface area (Å²) in [6.45, 7) is 2.49. The summed E-state index contributed by atoms with van der Waals surface area (Å²) in [5.41, 5.74) is 7.28. The summed E-state index contributed by atoms with van der Waals surface area (Å²) in [5.74, 6) is 0. The number of thiazole rings is 1. The van der Waals surface area contributed by atoms with Crippen LogP contribution in [0.15, 0.2) is 66.3 Å². The Bertz CT molecular complexity index is 1210. The van der Waals surface area contributed by atoms with E-state index < -0.39 is 0 Å². The van der Waals surface area contributed by atoms with E-state index in [1.165, 1.54) is 5.06 Å². The van der Waals surface area contributed by atoms with Crippen LogP contribution in [0.2, 0.25) is 0 Å². The highest BCUT2D eigenvalue weighted by Crippen LogP contribution is 2.32. The number of anilines is 1. The lowest BCUT2D eigenvalue weighted by Gasteiger charge is -2.23. The Hall–Kier alpha value is -3.29. The molecule has 1 N–H and O–H groups in total. The summed E-state index contributed by atoms with van der Waals surface area (Å²) in [6.07, 6.45) is 2.55. The Labute approximate surface area is 178 Å². The van der Waals surface area contributed by atoms with Crippen molar-refractivity contribution < 1.29 is 9.63 Å². The van der Waals surface area contributed by atoms with Gasteiger partial charge in [0.1, 0.15) is 0 Å². The van der Waals surface area contributed by atoms with Gasteiger partial charge >= 0.3 is 6.03 Å². The van der Waals surface area contributed by atoms with Crippen LogP contribution < -0.4 is 5.32 Å². The average Bonchev–Trinajstić information content (AvgIpc) is 3.45. The molecule has 0 saturated carbocycles. The molecule has 3 heterocycles. The van der Waals surface area contributed by atoms with Crippen LogP contribution in [0.3, 0.4) is 0 Å². The van der Waals surface area contributed by atoms with Gasteiger partial charge in [0.15, 0.2) is 0 Å². The quantitative estimate of drug-likeness (QED) is 0.474. The van der Waals surface area contributed by atoms with E-state index in [-0.39, 0.29) is 12.1 Å². The Morgan fingerprint density at radius 2 is 2.03 bits per heavy atom. The van der Waals surface area contributed by atoms with Crippen molar-refractivity contribution in [3.63, 3.8) is 0 Å². The number of rotatable bonds is 3. The molecule has 150 valence electrons. The largest absolute Gasteiger partial charge is 0.346 e. The number of carbonyl (C=O) groups excluding carboxylic acids is 1. The van der Waals surface area contributed by atoms with Crippen molar-refractivity contribution in [2.24, 2.45) is 0 Å². The van der Waals surface area contributed by atoms with Gasteiger partial charge in [-0.2, -0.15) is 5.06 Å². The van der Waals surface area contributed by atoms with E-state index in [0.29, 0.717) is 6.61 Å². The molecule has 0 spiro atoms. The first-order valence-electron chi connectivity index (χ1n) is 9.77. The number of hydroxylamine groups is 2. The van der Waals surface area contributed by atoms with Gasteiger partial charge < -0.3 is 5.32 Å². The monoisotopic (exact) mass is 416 g/mol. The van der Waals surface area contributed by atoms with Gasteiger partial charge in [-0.15, -0.1) is 11.3 Å². The van der Waals surface area contributed by atoms with Crippen molar-refractivity contribution in [1.82, 2.24) is 15.0 Å². The molecule has 0 radical (unpaired) electrons. The molecular weight excluding hydrogens is 396 g/mol. The van der Waals surface area contributed by atoms with Gasteiger partial charge in [0.05, 0.1) is 40.3 Å². The molecule has 6 nitrogen and oxygen atoms in total. The van der Waals surface area contributed by atoms with E-state index in [0.717, 1.165) is 44.7 Å². The Balaban J connectivity index is 1.40. The number of aromatic nitrogens is 2. The van der Waals surface area contributed by atoms with Crippen molar-refractivity contribution >= 4 is 33.3 Å². The Morgan fingerprint density at radius 1 is 1.17 bits per heavy atom. The second-order valence-corrected chi connectivity index (χ2v) is 8.11. The fourth-order valence-corrected chi connectivity index (χ4v) is 4.34. The molecule has 0 bridgehead atoms. The fourth-order valence-electron chi connectivity index (χ4n) is 3.65. The maximum Gasteiger partial charge on any atom is 0.346 e. The van der Waals surface area contributed by atoms with Crippen LogP contribution in [0, 0.1) is 6.92 Å². The minimum Gasteiger partial charge on any atom is -0.306 e. The number of pyridine rings is 1. The van der Waals surface area contributed by atoms with Crippen LogP contribution in [-0.4, -0.2) is 27.7 Å². The number of urea groups is 1. The van der Waals surface area contributed by atoms with Gasteiger partial charge in [-0.05, 0) is 30.2 Å². The van der Waals surface area contributed by atoms with Gasteiger partial charge in [-0.3, -0.25) is 9.82 Å². The second kappa shape index (κ2) is 7.85. The maximum atomic E-state index is 13.0. The predicted molar refractivity (Wildman–Crippen MR) is 118 cm³/mol. The van der Waals surface area contributed by atoms with Gasteiger partial charge in [0, 0.05) is 17.7 Å². The maximum absolute atomic E-state index is 13.0. The summed E-state index contributed by atoms with van der Waals surface area (Å²) in [4.78, 5) is 27.5. The molecule has 0 aliphatic carbocycles. The molecule has 2 amide bonds. The highest BCUT2D eigenvalue weighted by atomic mass is 32.1. The predicted octanol–water partition coefficient (Wildman–Crippen LogP) is 5.58. The van der Waals surface area contributed by atoms with Crippen LogP contribution in [0.25, 0.3) is 21.5 Å². The minimum atomic E-state index is -0.271. The van der Waals surface area contributed by atoms with Crippen LogP contribution in [0.1, 0.15) is 23.6 Å². The number of hydrogen-bond acceptors (Lipinski definition) is 5. The van der Waals surface area contributed by atoms with Crippen LogP contribution in [0.4, 0.5) is 10.5 Å². The molecule has 4 aromatic rings. The number of fused-ring (bicyclic) bond motifs is 1. The van der Waals surface area contributed by atoms with E-state index >= 15 is 0 Å². The normalized spacial score (nSPS) is 16.2. The standard InChI is InChI=1S/C23H20N4O2S/c1-15-7-8-17(19-12-22-20(13-24-19)25-14-30-22)11-18(15)26-23(28)27-21(9-10-29-27)16-5-3-2-4-6-16/h2-8,11-14,21H,9-10H2,1H3,(H,26,28). The molecule has 1 aliphatic rings. The molecule has 1 saturated heterocycles. The van der Waals surface area contributed by atoms with Crippen molar-refractivity contribution in [2.75, 3.05) is 11.9 Å². The number of nitrogens with zero attached hydrogens (tertiary/aromatic N) is 3. The third-order valence-electron chi connectivity index (χ3n) is 5.28. The number of carbonyl (C=O) groups is 1. The van der Waals surface area contributed by atoms with Gasteiger partial charge in [0.25, 0.3) is 0 Å². The molecule has 1 atom stereocenters. The summed E-state index contributed by atoms with van der Waals surface area (Å²) in [7, 11) is 0. The number of amides is 2. The van der Waals surface area contributed by atoms with Crippen LogP contribution >= 0.6 is 11.3 Å². The molecule has 7 heteroatoms. The van der Waals surface area contributed by atoms with E-state index in [1.54, 1.807) is 17.5 Å². The van der Waals surface area contributed by atoms with Crippen molar-refractivity contribution in [3.05, 3.63) is 77.4 Å². The lowest BCUT2D eigenvalue weighted by molar-refractivity contribution is -0.0829. The summed E-state index contributed by atoms with van der Waals surface area (Å²) < 4.78 is 1.09. The molecule has 2 aromatic heterocycles. The lowest BCUT2D eigenvalue weighted by atomic mass is 10.0. The Kier molecular flexibility index (Phi) is 4.90. The first-order chi connectivity index (χ1) is 14.7. The number of hydrogen-bond donors (Lipinski definition) is 1. The molecule has 2 aromatic carbocycles. The second-order valence-electron chi connectivity index (χ2n) is 7.22. The molecule has 1 aliphatic heterocycles. The molecule has 30 heavy (non-hydrogen) atoms. The highest BCUT2D eigenvalue weighted by Gasteiger charge is 2.32. The lowest BCUT2D eigenvalue weighted by Crippen LogP contribution is -2.33. The first kappa shape index (κ1) is 18.7. The van der Waals surface area contributed by atoms with Crippen molar-refractivity contribution in [2.45, 2.75) is 19.4 Å². The number of aryl methyl sites for hydroxylation is 1. The van der Waals surface area contributed by atoms with Gasteiger partial charge in [-0.25, -0.2) is 9.78 Å². The van der Waals surface area contributed by atoms with E-state index in [9.17, 15) is 4.79 Å². The SMILES string of the molecule is Cc1ccc(-c2cc3scnc3cn2)cc1NC(=O)N1OCCC1c1ccccc1. The van der Waals surface area contributed by atoms with Crippen molar-refractivity contribution in [3.8, 4) is 11.3 Å². The molecule has 1 fully saturated rings. The number of benzene rings is 2. The summed E-state index contributed by atoms with van der Waals surface area (Å²) in [5, 5.41) is 4.47. The van der Waals surface area contributed by atoms with Gasteiger partial charge in [0.2, 0.25) is 0 Å². The molecule has 5 rings (SSSR count). The Morgan fingerprint density at radius 3 is 2.90 bits per heavy atom. The topological polar surface area (TPSA) is 67.4 Å². The zero-order chi connectivity index (χ0) is 20.5. The average molecular weight is 417 g/mol. The van der Waals surface area contributed by atoms with E-state index in [1.807, 2.05) is 67.0 Å². The molecule has 1 unspecified atom stereocenters. The highest BCUT2D eigenvalue weighted by molar-refractivity contribution is 7.16. The molecular formula is C23H20N4O2S. The third kappa shape index (κ3) is 3.53. The number of nitrogens with one attached hydrogen (secondary N) is 1. The van der Waals surface area contributed by atoms with E-state index in [2.05, 4.69) is 15.3 Å². The minimum absolute atomic E-state index is 0.0925. The third-order valence-corrected chi connectivity index (χ3v) is 6.07. The van der Waals surface area contributed by atoms with Crippen LogP contribution in [-0.2, 0) is 4.84 Å². The van der Waals surface area contributed by atoms with Crippen molar-refractivity contribution in [1.29, 1.82) is 0 Å². The zero-order valence-corrected chi connectivity index (χ0v) is 17.2.